The molecule has 89 heavy (non-hydrogen) atoms. The fraction of sp³-hybridized carbons (Fsp3) is 0.0725. The second kappa shape index (κ2) is 27.5. The summed E-state index contributed by atoms with van der Waals surface area (Å²) in [5.41, 5.74) is 18.0. The summed E-state index contributed by atoms with van der Waals surface area (Å²) in [6, 6.07) is 69.1. The van der Waals surface area contributed by atoms with Gasteiger partial charge in [-0.1, -0.05) is 97.9 Å². The Hall–Kier alpha value is -11.1. The second-order valence-electron chi connectivity index (χ2n) is 19.8. The van der Waals surface area contributed by atoms with Crippen molar-refractivity contribution in [3.63, 3.8) is 0 Å². The van der Waals surface area contributed by atoms with Crippen molar-refractivity contribution in [2.45, 2.75) is 27.2 Å². The van der Waals surface area contributed by atoms with Gasteiger partial charge in [0.1, 0.15) is 70.3 Å². The van der Waals surface area contributed by atoms with Gasteiger partial charge in [0.15, 0.2) is 0 Å². The van der Waals surface area contributed by atoms with Crippen LogP contribution in [0.15, 0.2) is 231 Å². The number of ether oxygens (including phenoxy) is 4. The van der Waals surface area contributed by atoms with E-state index in [0.29, 0.717) is 95.8 Å². The van der Waals surface area contributed by atoms with Crippen LogP contribution < -0.4 is 71.3 Å². The minimum absolute atomic E-state index is 0. The zero-order valence-electron chi connectivity index (χ0n) is 47.2. The number of nitrogen functional groups attached to an aromatic ring is 2. The number of fused-ring (bicyclic) bond motifs is 6. The average Bonchev–Trinajstić information content (AvgIpc) is 0.838. The van der Waals surface area contributed by atoms with Gasteiger partial charge in [0.25, 0.3) is 0 Å². The highest BCUT2D eigenvalue weighted by Crippen LogP contribution is 2.57. The van der Waals surface area contributed by atoms with Crippen molar-refractivity contribution in [3.8, 4) is 79.7 Å². The van der Waals surface area contributed by atoms with Crippen molar-refractivity contribution in [3.05, 3.63) is 236 Å². The number of anilines is 3. The van der Waals surface area contributed by atoms with Gasteiger partial charge in [-0.3, -0.25) is 28.3 Å². The van der Waals surface area contributed by atoms with E-state index in [2.05, 4.69) is 10.6 Å². The van der Waals surface area contributed by atoms with E-state index in [0.717, 1.165) is 27.8 Å². The predicted molar refractivity (Wildman–Crippen MR) is 345 cm³/mol. The Morgan fingerprint density at radius 3 is 1.19 bits per heavy atom. The average molecular weight is 1230 g/mol. The van der Waals surface area contributed by atoms with Gasteiger partial charge in [-0.25, -0.2) is 0 Å². The summed E-state index contributed by atoms with van der Waals surface area (Å²) >= 11 is 0. The van der Waals surface area contributed by atoms with E-state index in [4.69, 9.17) is 49.7 Å². The van der Waals surface area contributed by atoms with E-state index in [1.165, 1.54) is 7.05 Å². The molecule has 18 nitrogen and oxygen atoms in total. The Balaban J connectivity index is 0.000000191. The number of carboxylic acids is 2. The van der Waals surface area contributed by atoms with E-state index in [9.17, 15) is 23.7 Å². The maximum Gasteiger partial charge on any atom is 0.314 e. The van der Waals surface area contributed by atoms with Crippen LogP contribution in [-0.4, -0.2) is 41.0 Å². The first-order valence-corrected chi connectivity index (χ1v) is 30.5. The minimum Gasteiger partial charge on any atom is -0.481 e. The first-order chi connectivity index (χ1) is 42.4. The topological polar surface area (TPSA) is 274 Å². The molecule has 2 aliphatic heterocycles. The summed E-state index contributed by atoms with van der Waals surface area (Å²) in [5, 5.41) is 22.4. The van der Waals surface area contributed by atoms with Crippen LogP contribution in [0.3, 0.4) is 0 Å². The number of para-hydroxylation sites is 2. The number of carbonyl (C=O) groups is 4. The third-order valence-corrected chi connectivity index (χ3v) is 18.4. The highest BCUT2D eigenvalue weighted by molar-refractivity contribution is 7.75. The van der Waals surface area contributed by atoms with Gasteiger partial charge in [-0.05, 0) is 164 Å². The fourth-order valence-electron chi connectivity index (χ4n) is 9.32. The third kappa shape index (κ3) is 14.8. The molecule has 2 unspecified atom stereocenters. The number of nitrogens with one attached hydrogen (secondary N) is 2. The van der Waals surface area contributed by atoms with Gasteiger partial charge in [0.2, 0.25) is 11.8 Å². The molecule has 20 heteroatoms. The lowest BCUT2D eigenvalue weighted by molar-refractivity contribution is -0.147. The highest BCUT2D eigenvalue weighted by atomic mass is 31.2. The van der Waals surface area contributed by atoms with Crippen molar-refractivity contribution in [1.29, 1.82) is 0 Å². The van der Waals surface area contributed by atoms with Gasteiger partial charge < -0.3 is 60.3 Å². The molecule has 0 radical (unpaired) electrons. The summed E-state index contributed by atoms with van der Waals surface area (Å²) in [4.78, 5) is 42.4. The smallest absolute Gasteiger partial charge is 0.314 e. The van der Waals surface area contributed by atoms with E-state index in [1.54, 1.807) is 109 Å². The molecule has 10 aromatic rings. The highest BCUT2D eigenvalue weighted by Gasteiger charge is 2.42. The Bertz CT molecular complexity index is 4320. The standard InChI is InChI=1S/C35H29N2O6P.C30H23N2O4P.C3H4O4.CH4/c1-23-11-15-26(16-12-23)42-31-20-19-27(41-25-17-13-24(14-18-25)37-35(39)22-34(38)36-2)21-33(31)44(40)32-10-6-4-8-29(32)28-7-3-5-9-30(28)43-44;31-20-9-13-22(14-10-20)34-24-17-18-28(35-23-15-11-21(32)12-16-23)30(19-24)37(33)29-8-4-2-6-26(29)25-5-1-3-7-27(25)36-37;4-2(5)1-3(6)7;/h3-21H,22H2,1-2H3,(H,36,38)(H,37,39);1-19H,31-32H2;1H2,(H,4,5)(H,6,7);1H4. The molecule has 0 aromatic heterocycles. The number of aliphatic carboxylic acids is 2. The Morgan fingerprint density at radius 1 is 0.427 bits per heavy atom. The number of amides is 2. The summed E-state index contributed by atoms with van der Waals surface area (Å²) < 4.78 is 67.5. The van der Waals surface area contributed by atoms with Crippen LogP contribution in [0.25, 0.3) is 22.3 Å². The minimum atomic E-state index is -3.73. The maximum atomic E-state index is 15.1. The summed E-state index contributed by atoms with van der Waals surface area (Å²) in [5.74, 6) is 1.57. The number of rotatable bonds is 15. The largest absolute Gasteiger partial charge is 0.481 e. The van der Waals surface area contributed by atoms with Crippen LogP contribution in [0.2, 0.25) is 0 Å². The van der Waals surface area contributed by atoms with E-state index >= 15 is 4.57 Å². The summed E-state index contributed by atoms with van der Waals surface area (Å²) in [6.45, 7) is 2.00. The fourth-order valence-corrected chi connectivity index (χ4v) is 14.1. The van der Waals surface area contributed by atoms with Gasteiger partial charge in [-0.2, -0.15) is 0 Å². The van der Waals surface area contributed by atoms with Gasteiger partial charge in [0.05, 0.1) is 21.2 Å². The van der Waals surface area contributed by atoms with Crippen molar-refractivity contribution in [2.24, 2.45) is 0 Å². The molecule has 2 atom stereocenters. The van der Waals surface area contributed by atoms with Crippen LogP contribution in [0.5, 0.6) is 57.5 Å². The SMILES string of the molecule is C.CNC(=O)CC(=O)Nc1ccc(Oc2ccc(Oc3ccc(C)cc3)c(P3(=O)Oc4ccccc4-c4ccccc43)c2)cc1.Nc1ccc(Oc2ccc(Oc3ccc(N)cc3)c(P3(=O)Oc4ccccc4-c4ccccc43)c2)cc1.O=C(O)CC(=O)O. The second-order valence-corrected chi connectivity index (χ2v) is 24.3. The van der Waals surface area contributed by atoms with Crippen molar-refractivity contribution in [2.75, 3.05) is 23.8 Å². The monoisotopic (exact) mass is 1230 g/mol. The molecule has 0 spiro atoms. The van der Waals surface area contributed by atoms with Crippen molar-refractivity contribution < 1.29 is 66.5 Å². The first-order valence-electron chi connectivity index (χ1n) is 27.2. The van der Waals surface area contributed by atoms with E-state index in [1.807, 2.05) is 128 Å². The number of carbonyl (C=O) groups excluding carboxylic acids is 2. The molecule has 2 heterocycles. The first kappa shape index (κ1) is 62.5. The Kier molecular flexibility index (Phi) is 19.3. The number of hydrogen-bond donors (Lipinski definition) is 6. The molecule has 0 saturated carbocycles. The van der Waals surface area contributed by atoms with Crippen LogP contribution >= 0.6 is 14.7 Å². The Morgan fingerprint density at radius 2 is 0.787 bits per heavy atom. The molecule has 0 fully saturated rings. The molecule has 2 amide bonds. The van der Waals surface area contributed by atoms with Crippen LogP contribution in [-0.2, 0) is 28.3 Å². The van der Waals surface area contributed by atoms with E-state index < -0.39 is 39.0 Å². The zero-order chi connectivity index (χ0) is 62.0. The van der Waals surface area contributed by atoms with Gasteiger partial charge in [-0.15, -0.1) is 0 Å². The molecular weight excluding hydrogens is 1170 g/mol. The zero-order valence-corrected chi connectivity index (χ0v) is 49.0. The molecule has 10 aromatic carbocycles. The summed E-state index contributed by atoms with van der Waals surface area (Å²) in [7, 11) is -5.91. The molecule has 8 N–H and O–H groups in total. The lowest BCUT2D eigenvalue weighted by Gasteiger charge is -2.30. The van der Waals surface area contributed by atoms with Crippen molar-refractivity contribution >= 4 is 76.8 Å². The van der Waals surface area contributed by atoms with Crippen molar-refractivity contribution in [1.82, 2.24) is 5.32 Å². The van der Waals surface area contributed by atoms with E-state index in [-0.39, 0.29) is 19.8 Å². The number of benzene rings is 10. The van der Waals surface area contributed by atoms with Crippen LogP contribution in [0.1, 0.15) is 25.8 Å². The predicted octanol–water partition coefficient (Wildman–Crippen LogP) is 13.8. The lowest BCUT2D eigenvalue weighted by atomic mass is 10.0. The normalized spacial score (nSPS) is 14.4. The Labute approximate surface area is 513 Å². The maximum absolute atomic E-state index is 15.1. The molecule has 0 saturated heterocycles. The molecule has 0 bridgehead atoms. The van der Waals surface area contributed by atoms with Crippen LogP contribution in [0.4, 0.5) is 17.1 Å². The van der Waals surface area contributed by atoms with Gasteiger partial charge >= 0.3 is 26.7 Å². The molecule has 0 aliphatic carbocycles. The molecule has 2 aliphatic rings. The number of aryl methyl sites for hydroxylation is 1. The third-order valence-electron chi connectivity index (χ3n) is 13.5. The summed E-state index contributed by atoms with van der Waals surface area (Å²) in [6.07, 6.45) is -1.08. The van der Waals surface area contributed by atoms with Gasteiger partial charge in [0, 0.05) is 35.2 Å². The number of hydrogen-bond acceptors (Lipinski definition) is 14. The number of nitrogens with two attached hydrogens (primary N) is 2. The van der Waals surface area contributed by atoms with Crippen LogP contribution in [0, 0.1) is 6.92 Å². The number of carboxylic acid groups (broad SMARTS) is 2. The quantitative estimate of drug-likeness (QED) is 0.0316. The molecular formula is C69H60N4O14P2. The molecule has 12 rings (SSSR count). The lowest BCUT2D eigenvalue weighted by Crippen LogP contribution is -2.26. The molecule has 450 valence electrons.